The zero-order valence-electron chi connectivity index (χ0n) is 17.8. The monoisotopic (exact) mass is 490 g/mol. The van der Waals surface area contributed by atoms with Gasteiger partial charge in [0.15, 0.2) is 0 Å². The average Bonchev–Trinajstić information content (AvgIpc) is 3.02. The lowest BCUT2D eigenvalue weighted by Gasteiger charge is -2.07. The summed E-state index contributed by atoms with van der Waals surface area (Å²) in [5, 5.41) is 6.26. The van der Waals surface area contributed by atoms with E-state index in [9.17, 15) is 14.4 Å². The Bertz CT molecular complexity index is 1220. The van der Waals surface area contributed by atoms with E-state index < -0.39 is 17.8 Å². The molecular formula is C23H20Cl2N2O4S. The number of hydrogen-bond acceptors (Lipinski definition) is 5. The van der Waals surface area contributed by atoms with Crippen LogP contribution >= 0.6 is 34.5 Å². The molecule has 2 N–H and O–H groups in total. The quantitative estimate of drug-likeness (QED) is 0.412. The van der Waals surface area contributed by atoms with Gasteiger partial charge in [0.25, 0.3) is 11.8 Å². The predicted octanol–water partition coefficient (Wildman–Crippen LogP) is 6.27. The fourth-order valence-corrected chi connectivity index (χ4v) is 4.82. The molecule has 0 unspecified atom stereocenters. The fourth-order valence-electron chi connectivity index (χ4n) is 3.24. The van der Waals surface area contributed by atoms with Gasteiger partial charge in [-0.25, -0.2) is 4.79 Å². The zero-order chi connectivity index (χ0) is 23.6. The highest BCUT2D eigenvalue weighted by atomic mass is 35.5. The van der Waals surface area contributed by atoms with Gasteiger partial charge in [-0.15, -0.1) is 11.3 Å². The van der Waals surface area contributed by atoms with Crippen molar-refractivity contribution in [2.45, 2.75) is 20.8 Å². The number of esters is 1. The second-order valence-corrected chi connectivity index (χ2v) is 9.02. The number of thiophene rings is 1. The van der Waals surface area contributed by atoms with Gasteiger partial charge in [-0.3, -0.25) is 9.59 Å². The lowest BCUT2D eigenvalue weighted by atomic mass is 10.1. The first kappa shape index (κ1) is 23.8. The maximum absolute atomic E-state index is 13.0. The van der Waals surface area contributed by atoms with Crippen molar-refractivity contribution in [3.8, 4) is 0 Å². The minimum absolute atomic E-state index is 0.113. The number of anilines is 2. The molecule has 0 bridgehead atoms. The number of carbonyl (C=O) groups is 3. The van der Waals surface area contributed by atoms with Crippen molar-refractivity contribution in [3.63, 3.8) is 0 Å². The van der Waals surface area contributed by atoms with E-state index in [0.29, 0.717) is 16.3 Å². The SMILES string of the molecule is COC(=O)c1c(NC(=O)c2ccc(Cl)cc2Cl)sc(C(=O)Nc2cc(C)cc(C)c2)c1C. The Morgan fingerprint density at radius 2 is 1.56 bits per heavy atom. The Morgan fingerprint density at radius 3 is 2.16 bits per heavy atom. The molecule has 2 amide bonds. The standard InChI is InChI=1S/C23H20Cl2N2O4S/c1-11-7-12(2)9-15(8-11)26-21(29)19-13(3)18(23(30)31-4)22(32-19)27-20(28)16-6-5-14(24)10-17(16)25/h5-10H,1-4H3,(H,26,29)(H,27,28). The molecule has 1 aromatic heterocycles. The molecule has 0 aliphatic carbocycles. The first-order chi connectivity index (χ1) is 15.1. The number of rotatable bonds is 5. The second kappa shape index (κ2) is 9.73. The minimum Gasteiger partial charge on any atom is -0.465 e. The van der Waals surface area contributed by atoms with Crippen molar-refractivity contribution in [2.24, 2.45) is 0 Å². The lowest BCUT2D eigenvalue weighted by molar-refractivity contribution is 0.0601. The van der Waals surface area contributed by atoms with Crippen molar-refractivity contribution >= 4 is 63.0 Å². The van der Waals surface area contributed by atoms with Crippen LogP contribution in [0.4, 0.5) is 10.7 Å². The van der Waals surface area contributed by atoms with E-state index in [0.717, 1.165) is 22.5 Å². The van der Waals surface area contributed by atoms with Crippen LogP contribution in [0.5, 0.6) is 0 Å². The molecule has 0 aliphatic rings. The third-order valence-corrected chi connectivity index (χ3v) is 6.38. The van der Waals surface area contributed by atoms with E-state index in [2.05, 4.69) is 10.6 Å². The van der Waals surface area contributed by atoms with Gasteiger partial charge in [0.1, 0.15) is 5.00 Å². The summed E-state index contributed by atoms with van der Waals surface area (Å²) in [5.41, 5.74) is 3.35. The molecule has 6 nitrogen and oxygen atoms in total. The van der Waals surface area contributed by atoms with E-state index >= 15 is 0 Å². The van der Waals surface area contributed by atoms with Crippen LogP contribution in [-0.2, 0) is 4.74 Å². The molecule has 9 heteroatoms. The van der Waals surface area contributed by atoms with Crippen LogP contribution in [0.15, 0.2) is 36.4 Å². The van der Waals surface area contributed by atoms with Crippen molar-refractivity contribution < 1.29 is 19.1 Å². The van der Waals surface area contributed by atoms with Crippen LogP contribution in [-0.4, -0.2) is 24.9 Å². The Morgan fingerprint density at radius 1 is 0.906 bits per heavy atom. The van der Waals surface area contributed by atoms with Crippen LogP contribution in [0, 0.1) is 20.8 Å². The van der Waals surface area contributed by atoms with E-state index in [1.54, 1.807) is 6.92 Å². The van der Waals surface area contributed by atoms with E-state index in [1.807, 2.05) is 32.0 Å². The highest BCUT2D eigenvalue weighted by Gasteiger charge is 2.27. The number of benzene rings is 2. The highest BCUT2D eigenvalue weighted by Crippen LogP contribution is 2.35. The smallest absolute Gasteiger partial charge is 0.341 e. The van der Waals surface area contributed by atoms with Crippen LogP contribution in [0.2, 0.25) is 10.0 Å². The lowest BCUT2D eigenvalue weighted by Crippen LogP contribution is -2.15. The molecule has 0 saturated heterocycles. The number of carbonyl (C=O) groups excluding carboxylic acids is 3. The number of halogens is 2. The van der Waals surface area contributed by atoms with Gasteiger partial charge in [0.05, 0.1) is 28.1 Å². The third kappa shape index (κ3) is 5.12. The summed E-state index contributed by atoms with van der Waals surface area (Å²) in [4.78, 5) is 38.5. The van der Waals surface area contributed by atoms with Crippen molar-refractivity contribution in [1.82, 2.24) is 0 Å². The molecule has 32 heavy (non-hydrogen) atoms. The topological polar surface area (TPSA) is 84.5 Å². The molecule has 0 spiro atoms. The largest absolute Gasteiger partial charge is 0.465 e. The van der Waals surface area contributed by atoms with Crippen molar-refractivity contribution in [3.05, 3.63) is 79.1 Å². The van der Waals surface area contributed by atoms with Gasteiger partial charge < -0.3 is 15.4 Å². The molecule has 2 aromatic carbocycles. The van der Waals surface area contributed by atoms with Crippen LogP contribution in [0.3, 0.4) is 0 Å². The molecule has 3 aromatic rings. The summed E-state index contributed by atoms with van der Waals surface area (Å²) >= 11 is 13.0. The second-order valence-electron chi connectivity index (χ2n) is 7.16. The van der Waals surface area contributed by atoms with Crippen LogP contribution in [0.1, 0.15) is 47.1 Å². The van der Waals surface area contributed by atoms with E-state index in [4.69, 9.17) is 27.9 Å². The zero-order valence-corrected chi connectivity index (χ0v) is 20.1. The van der Waals surface area contributed by atoms with Gasteiger partial charge in [0, 0.05) is 10.7 Å². The molecule has 1 heterocycles. The third-order valence-electron chi connectivity index (χ3n) is 4.62. The van der Waals surface area contributed by atoms with Gasteiger partial charge in [0.2, 0.25) is 0 Å². The molecule has 3 rings (SSSR count). The summed E-state index contributed by atoms with van der Waals surface area (Å²) in [5.74, 6) is -1.60. The first-order valence-corrected chi connectivity index (χ1v) is 11.1. The van der Waals surface area contributed by atoms with Crippen molar-refractivity contribution in [1.29, 1.82) is 0 Å². The summed E-state index contributed by atoms with van der Waals surface area (Å²) in [6, 6.07) is 10.1. The first-order valence-electron chi connectivity index (χ1n) is 9.48. The summed E-state index contributed by atoms with van der Waals surface area (Å²) in [6.07, 6.45) is 0. The predicted molar refractivity (Wildman–Crippen MR) is 129 cm³/mol. The Balaban J connectivity index is 1.96. The number of amides is 2. The molecule has 0 atom stereocenters. The number of nitrogens with one attached hydrogen (secondary N) is 2. The molecular weight excluding hydrogens is 471 g/mol. The Kier molecular flexibility index (Phi) is 7.23. The van der Waals surface area contributed by atoms with Crippen LogP contribution in [0.25, 0.3) is 0 Å². The maximum atomic E-state index is 13.0. The Labute approximate surface area is 199 Å². The molecule has 166 valence electrons. The Hall–Kier alpha value is -2.87. The molecule has 0 aliphatic heterocycles. The summed E-state index contributed by atoms with van der Waals surface area (Å²) < 4.78 is 4.87. The minimum atomic E-state index is -0.665. The average molecular weight is 491 g/mol. The van der Waals surface area contributed by atoms with Crippen molar-refractivity contribution in [2.75, 3.05) is 17.7 Å². The molecule has 0 radical (unpaired) electrons. The normalized spacial score (nSPS) is 10.6. The molecule has 0 fully saturated rings. The van der Waals surface area contributed by atoms with Gasteiger partial charge >= 0.3 is 5.97 Å². The number of aryl methyl sites for hydroxylation is 2. The van der Waals surface area contributed by atoms with E-state index in [1.165, 1.54) is 25.3 Å². The fraction of sp³-hybridized carbons (Fsp3) is 0.174. The highest BCUT2D eigenvalue weighted by molar-refractivity contribution is 7.19. The maximum Gasteiger partial charge on any atom is 0.341 e. The summed E-state index contributed by atoms with van der Waals surface area (Å²) in [6.45, 7) is 5.50. The van der Waals surface area contributed by atoms with E-state index in [-0.39, 0.29) is 26.0 Å². The van der Waals surface area contributed by atoms with Gasteiger partial charge in [-0.1, -0.05) is 29.3 Å². The van der Waals surface area contributed by atoms with Crippen LogP contribution < -0.4 is 10.6 Å². The number of methoxy groups -OCH3 is 1. The number of hydrogen-bond donors (Lipinski definition) is 2. The molecule has 0 saturated carbocycles. The number of ether oxygens (including phenoxy) is 1. The summed E-state index contributed by atoms with van der Waals surface area (Å²) in [7, 11) is 1.23. The van der Waals surface area contributed by atoms with Gasteiger partial charge in [-0.2, -0.15) is 0 Å². The van der Waals surface area contributed by atoms with Gasteiger partial charge in [-0.05, 0) is 67.8 Å².